The summed E-state index contributed by atoms with van der Waals surface area (Å²) in [5.74, 6) is 0.751. The zero-order valence-electron chi connectivity index (χ0n) is 11.8. The molecule has 0 bridgehead atoms. The van der Waals surface area contributed by atoms with Gasteiger partial charge in [0.15, 0.2) is 0 Å². The Morgan fingerprint density at radius 3 is 2.84 bits per heavy atom. The maximum atomic E-state index is 11.8. The number of carbonyl (C=O) groups is 1. The highest BCUT2D eigenvalue weighted by Gasteiger charge is 2.15. The molecule has 0 amide bonds. The van der Waals surface area contributed by atoms with Gasteiger partial charge in [-0.25, -0.2) is 4.79 Å². The van der Waals surface area contributed by atoms with Crippen LogP contribution in [0, 0.1) is 0 Å². The molecule has 1 rings (SSSR count). The molecule has 0 spiro atoms. The number of carbonyl (C=O) groups excluding carboxylic acids is 1. The monoisotopic (exact) mass is 282 g/mol. The summed E-state index contributed by atoms with van der Waals surface area (Å²) >= 11 is 1.83. The van der Waals surface area contributed by atoms with Crippen molar-refractivity contribution in [2.24, 2.45) is 0 Å². The van der Waals surface area contributed by atoms with Crippen molar-refractivity contribution in [2.45, 2.75) is 13.3 Å². The molecule has 1 aromatic carbocycles. The summed E-state index contributed by atoms with van der Waals surface area (Å²) in [5.41, 5.74) is 7.89. The van der Waals surface area contributed by atoms with Gasteiger partial charge in [-0.3, -0.25) is 0 Å². The van der Waals surface area contributed by atoms with Crippen LogP contribution in [0.5, 0.6) is 0 Å². The smallest absolute Gasteiger partial charge is 0.340 e. The second-order valence-electron chi connectivity index (χ2n) is 4.23. The van der Waals surface area contributed by atoms with Crippen LogP contribution < -0.4 is 10.6 Å². The molecule has 0 fully saturated rings. The minimum atomic E-state index is -0.362. The van der Waals surface area contributed by atoms with Gasteiger partial charge >= 0.3 is 5.97 Å². The number of thioether (sulfide) groups is 1. The minimum Gasteiger partial charge on any atom is -0.462 e. The number of hydrogen-bond acceptors (Lipinski definition) is 5. The van der Waals surface area contributed by atoms with Crippen LogP contribution in [0.3, 0.4) is 0 Å². The molecule has 0 aromatic heterocycles. The number of para-hydroxylation sites is 1. The summed E-state index contributed by atoms with van der Waals surface area (Å²) < 4.78 is 5.00. The first-order chi connectivity index (χ1) is 9.11. The molecule has 0 aliphatic carbocycles. The topological polar surface area (TPSA) is 55.6 Å². The fourth-order valence-corrected chi connectivity index (χ4v) is 2.26. The van der Waals surface area contributed by atoms with Crippen LogP contribution in [0.25, 0.3) is 0 Å². The molecule has 4 nitrogen and oxygen atoms in total. The third-order valence-corrected chi connectivity index (χ3v) is 3.53. The zero-order chi connectivity index (χ0) is 14.3. The summed E-state index contributed by atoms with van der Waals surface area (Å²) in [6, 6.07) is 5.47. The molecular weight excluding hydrogens is 260 g/mol. The summed E-state index contributed by atoms with van der Waals surface area (Å²) in [6.07, 6.45) is 3.18. The average molecular weight is 282 g/mol. The van der Waals surface area contributed by atoms with Crippen molar-refractivity contribution in [3.8, 4) is 0 Å². The maximum Gasteiger partial charge on any atom is 0.340 e. The molecule has 0 heterocycles. The lowest BCUT2D eigenvalue weighted by molar-refractivity contribution is 0.0527. The molecule has 0 aliphatic rings. The number of benzene rings is 1. The summed E-state index contributed by atoms with van der Waals surface area (Å²) in [4.78, 5) is 13.9. The van der Waals surface area contributed by atoms with Crippen molar-refractivity contribution in [1.29, 1.82) is 0 Å². The highest BCUT2D eigenvalue weighted by molar-refractivity contribution is 7.98. The van der Waals surface area contributed by atoms with E-state index in [0.717, 1.165) is 24.4 Å². The van der Waals surface area contributed by atoms with Gasteiger partial charge in [-0.05, 0) is 37.5 Å². The van der Waals surface area contributed by atoms with E-state index in [0.29, 0.717) is 17.9 Å². The molecule has 1 aromatic rings. The van der Waals surface area contributed by atoms with Crippen molar-refractivity contribution < 1.29 is 9.53 Å². The van der Waals surface area contributed by atoms with E-state index >= 15 is 0 Å². The van der Waals surface area contributed by atoms with Crippen molar-refractivity contribution in [1.82, 2.24) is 0 Å². The van der Waals surface area contributed by atoms with Crippen LogP contribution in [0.15, 0.2) is 18.2 Å². The number of rotatable bonds is 7. The van der Waals surface area contributed by atoms with E-state index in [1.165, 1.54) is 0 Å². The molecule has 0 aliphatic heterocycles. The Balaban J connectivity index is 2.84. The van der Waals surface area contributed by atoms with Crippen LogP contribution in [-0.2, 0) is 4.74 Å². The molecule has 0 saturated carbocycles. The van der Waals surface area contributed by atoms with Gasteiger partial charge in [0.25, 0.3) is 0 Å². The Bertz CT molecular complexity index is 424. The Kier molecular flexibility index (Phi) is 6.56. The number of esters is 1. The highest BCUT2D eigenvalue weighted by Crippen LogP contribution is 2.26. The standard InChI is InChI=1S/C14H22N2O2S/c1-4-18-14(17)11-7-5-8-12(13(11)15)16(2)9-6-10-19-3/h5,7-8H,4,6,9-10,15H2,1-3H3. The molecule has 19 heavy (non-hydrogen) atoms. The Hall–Kier alpha value is -1.36. The SMILES string of the molecule is CCOC(=O)c1cccc(N(C)CCCSC)c1N. The van der Waals surface area contributed by atoms with Gasteiger partial charge in [-0.2, -0.15) is 11.8 Å². The van der Waals surface area contributed by atoms with E-state index in [-0.39, 0.29) is 5.97 Å². The molecule has 2 N–H and O–H groups in total. The first-order valence-electron chi connectivity index (χ1n) is 6.37. The van der Waals surface area contributed by atoms with Crippen molar-refractivity contribution in [3.63, 3.8) is 0 Å². The predicted molar refractivity (Wildman–Crippen MR) is 83.1 cm³/mol. The molecule has 5 heteroatoms. The highest BCUT2D eigenvalue weighted by atomic mass is 32.2. The van der Waals surface area contributed by atoms with E-state index in [9.17, 15) is 4.79 Å². The van der Waals surface area contributed by atoms with Gasteiger partial charge in [0.05, 0.1) is 23.5 Å². The van der Waals surface area contributed by atoms with Gasteiger partial charge < -0.3 is 15.4 Å². The van der Waals surface area contributed by atoms with Crippen LogP contribution in [0.2, 0.25) is 0 Å². The largest absolute Gasteiger partial charge is 0.462 e. The number of ether oxygens (including phenoxy) is 1. The van der Waals surface area contributed by atoms with Crippen LogP contribution in [0.4, 0.5) is 11.4 Å². The summed E-state index contributed by atoms with van der Waals surface area (Å²) in [7, 11) is 1.99. The summed E-state index contributed by atoms with van der Waals surface area (Å²) in [6.45, 7) is 3.05. The number of nitrogens with two attached hydrogens (primary N) is 1. The van der Waals surface area contributed by atoms with E-state index in [4.69, 9.17) is 10.5 Å². The second kappa shape index (κ2) is 7.94. The lowest BCUT2D eigenvalue weighted by atomic mass is 10.1. The third-order valence-electron chi connectivity index (χ3n) is 2.83. The Labute approximate surface area is 119 Å². The molecule has 0 unspecified atom stereocenters. The lowest BCUT2D eigenvalue weighted by Gasteiger charge is -2.22. The molecule has 0 radical (unpaired) electrons. The van der Waals surface area contributed by atoms with Gasteiger partial charge in [-0.15, -0.1) is 0 Å². The van der Waals surface area contributed by atoms with Crippen LogP contribution >= 0.6 is 11.8 Å². The number of nitrogens with zero attached hydrogens (tertiary/aromatic N) is 1. The number of hydrogen-bond donors (Lipinski definition) is 1. The van der Waals surface area contributed by atoms with Crippen molar-refractivity contribution in [3.05, 3.63) is 23.8 Å². The van der Waals surface area contributed by atoms with Gasteiger partial charge in [0.2, 0.25) is 0 Å². The fraction of sp³-hybridized carbons (Fsp3) is 0.500. The Morgan fingerprint density at radius 1 is 1.47 bits per heavy atom. The number of nitrogen functional groups attached to an aromatic ring is 1. The van der Waals surface area contributed by atoms with E-state index in [1.807, 2.05) is 30.9 Å². The predicted octanol–water partition coefficient (Wildman–Crippen LogP) is 2.63. The van der Waals surface area contributed by atoms with E-state index < -0.39 is 0 Å². The molecule has 0 saturated heterocycles. The lowest BCUT2D eigenvalue weighted by Crippen LogP contribution is -2.21. The zero-order valence-corrected chi connectivity index (χ0v) is 12.6. The van der Waals surface area contributed by atoms with Crippen LogP contribution in [-0.4, -0.2) is 38.2 Å². The third kappa shape index (κ3) is 4.35. The molecule has 0 atom stereocenters. The quantitative estimate of drug-likeness (QED) is 0.473. The van der Waals surface area contributed by atoms with Gasteiger partial charge in [0, 0.05) is 13.6 Å². The maximum absolute atomic E-state index is 11.8. The average Bonchev–Trinajstić information content (AvgIpc) is 2.39. The van der Waals surface area contributed by atoms with Crippen molar-refractivity contribution in [2.75, 3.05) is 42.8 Å². The second-order valence-corrected chi connectivity index (χ2v) is 5.21. The normalized spacial score (nSPS) is 10.3. The minimum absolute atomic E-state index is 0.353. The van der Waals surface area contributed by atoms with Crippen LogP contribution in [0.1, 0.15) is 23.7 Å². The van der Waals surface area contributed by atoms with Crippen molar-refractivity contribution >= 4 is 29.1 Å². The van der Waals surface area contributed by atoms with Gasteiger partial charge in [0.1, 0.15) is 0 Å². The number of anilines is 2. The molecule has 106 valence electrons. The van der Waals surface area contributed by atoms with Gasteiger partial charge in [-0.1, -0.05) is 6.07 Å². The Morgan fingerprint density at radius 2 is 2.21 bits per heavy atom. The first kappa shape index (κ1) is 15.7. The van der Waals surface area contributed by atoms with E-state index in [2.05, 4.69) is 11.2 Å². The van der Waals surface area contributed by atoms with E-state index in [1.54, 1.807) is 13.0 Å². The summed E-state index contributed by atoms with van der Waals surface area (Å²) in [5, 5.41) is 0. The first-order valence-corrected chi connectivity index (χ1v) is 7.76. The molecular formula is C14H22N2O2S. The fourth-order valence-electron chi connectivity index (χ4n) is 1.84.